The summed E-state index contributed by atoms with van der Waals surface area (Å²) in [6.45, 7) is 0. The van der Waals surface area contributed by atoms with Crippen molar-refractivity contribution in [2.45, 2.75) is 44.1 Å². The Kier molecular flexibility index (Phi) is 2.63. The van der Waals surface area contributed by atoms with Crippen LogP contribution < -0.4 is 0 Å². The maximum atomic E-state index is 12.8. The summed E-state index contributed by atoms with van der Waals surface area (Å²) in [5, 5.41) is 9.25. The summed E-state index contributed by atoms with van der Waals surface area (Å²) in [5.41, 5.74) is -1.28. The van der Waals surface area contributed by atoms with Gasteiger partial charge in [-0.25, -0.2) is 0 Å². The van der Waals surface area contributed by atoms with Crippen molar-refractivity contribution >= 4 is 11.9 Å². The SMILES string of the molecule is O=C(O)CC1(OC(=O)C23C=CC(CC2)C3)CC2C=CC1C2. The Hall–Kier alpha value is -1.58. The van der Waals surface area contributed by atoms with Crippen molar-refractivity contribution in [1.29, 1.82) is 0 Å². The van der Waals surface area contributed by atoms with Gasteiger partial charge in [-0.05, 0) is 43.9 Å². The van der Waals surface area contributed by atoms with Gasteiger partial charge < -0.3 is 9.84 Å². The Morgan fingerprint density at radius 2 is 2.05 bits per heavy atom. The third-order valence-corrected chi connectivity index (χ3v) is 5.88. The van der Waals surface area contributed by atoms with Crippen LogP contribution in [-0.2, 0) is 14.3 Å². The lowest BCUT2D eigenvalue weighted by molar-refractivity contribution is -0.176. The third-order valence-electron chi connectivity index (χ3n) is 5.88. The van der Waals surface area contributed by atoms with Crippen LogP contribution in [0.15, 0.2) is 24.3 Å². The molecule has 2 saturated carbocycles. The molecule has 0 aromatic rings. The Balaban J connectivity index is 1.58. The molecule has 4 heteroatoms. The number of carbonyl (C=O) groups is 2. The number of ether oxygens (including phenoxy) is 1. The molecule has 0 saturated heterocycles. The molecule has 0 radical (unpaired) electrons. The van der Waals surface area contributed by atoms with Crippen molar-refractivity contribution in [2.24, 2.45) is 23.2 Å². The average molecular weight is 288 g/mol. The average Bonchev–Trinajstić information content (AvgIpc) is 3.17. The van der Waals surface area contributed by atoms with E-state index in [0.29, 0.717) is 18.3 Å². The van der Waals surface area contributed by atoms with E-state index in [4.69, 9.17) is 4.74 Å². The van der Waals surface area contributed by atoms with Crippen LogP contribution in [0, 0.1) is 23.2 Å². The Morgan fingerprint density at radius 3 is 2.52 bits per heavy atom. The van der Waals surface area contributed by atoms with Gasteiger partial charge in [-0.1, -0.05) is 24.3 Å². The quantitative estimate of drug-likeness (QED) is 0.638. The summed E-state index contributed by atoms with van der Waals surface area (Å²) in [6, 6.07) is 0. The lowest BCUT2D eigenvalue weighted by Crippen LogP contribution is -2.44. The van der Waals surface area contributed by atoms with Crippen molar-refractivity contribution in [2.75, 3.05) is 0 Å². The monoisotopic (exact) mass is 288 g/mol. The summed E-state index contributed by atoms with van der Waals surface area (Å²) in [7, 11) is 0. The first-order valence-electron chi connectivity index (χ1n) is 7.84. The van der Waals surface area contributed by atoms with Crippen LogP contribution in [0.4, 0.5) is 0 Å². The van der Waals surface area contributed by atoms with E-state index in [2.05, 4.69) is 12.2 Å². The standard InChI is InChI=1S/C17H20O4/c18-14(19)10-17(9-12-1-2-13(17)7-12)21-15(20)16-5-3-11(8-16)4-6-16/h1-3,5,11-13H,4,6-10H2,(H,18,19). The zero-order chi connectivity index (χ0) is 14.7. The smallest absolute Gasteiger partial charge is 0.316 e. The van der Waals surface area contributed by atoms with Crippen LogP contribution in [0.2, 0.25) is 0 Å². The molecule has 0 aromatic carbocycles. The molecule has 1 N–H and O–H groups in total. The summed E-state index contributed by atoms with van der Waals surface area (Å²) in [5.74, 6) is -0.127. The number of aliphatic carboxylic acids is 1. The molecule has 5 atom stereocenters. The van der Waals surface area contributed by atoms with E-state index < -0.39 is 17.0 Å². The van der Waals surface area contributed by atoms with Gasteiger partial charge in [-0.15, -0.1) is 0 Å². The van der Waals surface area contributed by atoms with Gasteiger partial charge in [0, 0.05) is 5.92 Å². The predicted octanol–water partition coefficient (Wildman–Crippen LogP) is 2.70. The van der Waals surface area contributed by atoms with Gasteiger partial charge in [0.05, 0.1) is 11.8 Å². The minimum absolute atomic E-state index is 0.0709. The number of allylic oxidation sites excluding steroid dienone is 2. The number of fused-ring (bicyclic) bond motifs is 4. The molecule has 4 nitrogen and oxygen atoms in total. The highest BCUT2D eigenvalue weighted by atomic mass is 16.6. The van der Waals surface area contributed by atoms with Crippen LogP contribution in [0.25, 0.3) is 0 Å². The largest absolute Gasteiger partial charge is 0.481 e. The normalized spacial score (nSPS) is 45.4. The number of carbonyl (C=O) groups excluding carboxylic acids is 1. The first-order valence-corrected chi connectivity index (χ1v) is 7.84. The molecule has 0 amide bonds. The van der Waals surface area contributed by atoms with Gasteiger partial charge in [0.25, 0.3) is 0 Å². The van der Waals surface area contributed by atoms with E-state index in [-0.39, 0.29) is 18.3 Å². The van der Waals surface area contributed by atoms with Gasteiger partial charge in [-0.3, -0.25) is 9.59 Å². The van der Waals surface area contributed by atoms with Crippen molar-refractivity contribution in [3.05, 3.63) is 24.3 Å². The Morgan fingerprint density at radius 1 is 1.19 bits per heavy atom. The van der Waals surface area contributed by atoms with Gasteiger partial charge >= 0.3 is 11.9 Å². The van der Waals surface area contributed by atoms with Gasteiger partial charge in [0.1, 0.15) is 5.60 Å². The van der Waals surface area contributed by atoms with Crippen LogP contribution in [-0.4, -0.2) is 22.6 Å². The first kappa shape index (κ1) is 13.1. The van der Waals surface area contributed by atoms with E-state index in [9.17, 15) is 14.7 Å². The van der Waals surface area contributed by atoms with Crippen LogP contribution in [0.1, 0.15) is 38.5 Å². The third kappa shape index (κ3) is 1.88. The van der Waals surface area contributed by atoms with E-state index >= 15 is 0 Å². The summed E-state index contributed by atoms with van der Waals surface area (Å²) in [6.07, 6.45) is 12.6. The molecule has 4 rings (SSSR count). The molecule has 0 heterocycles. The molecule has 0 aliphatic heterocycles. The molecule has 21 heavy (non-hydrogen) atoms. The molecule has 4 aliphatic rings. The molecule has 112 valence electrons. The Labute approximate surface area is 123 Å². The molecule has 0 aromatic heterocycles. The van der Waals surface area contributed by atoms with Crippen molar-refractivity contribution < 1.29 is 19.4 Å². The lowest BCUT2D eigenvalue weighted by atomic mass is 9.83. The highest BCUT2D eigenvalue weighted by Gasteiger charge is 2.56. The van der Waals surface area contributed by atoms with E-state index in [1.54, 1.807) is 0 Å². The molecule has 2 fully saturated rings. The minimum Gasteiger partial charge on any atom is -0.481 e. The van der Waals surface area contributed by atoms with E-state index in [0.717, 1.165) is 25.7 Å². The first-order chi connectivity index (χ1) is 10.0. The fourth-order valence-corrected chi connectivity index (χ4v) is 4.81. The van der Waals surface area contributed by atoms with Gasteiger partial charge in [0.2, 0.25) is 0 Å². The highest BCUT2D eigenvalue weighted by Crippen LogP contribution is 2.54. The van der Waals surface area contributed by atoms with Crippen molar-refractivity contribution in [3.8, 4) is 0 Å². The summed E-state index contributed by atoms with van der Waals surface area (Å²) < 4.78 is 5.93. The second-order valence-electron chi connectivity index (χ2n) is 7.23. The number of esters is 1. The molecule has 5 unspecified atom stereocenters. The molecule has 4 aliphatic carbocycles. The maximum absolute atomic E-state index is 12.8. The maximum Gasteiger partial charge on any atom is 0.316 e. The number of carboxylic acids is 1. The fourth-order valence-electron chi connectivity index (χ4n) is 4.81. The van der Waals surface area contributed by atoms with Crippen molar-refractivity contribution in [1.82, 2.24) is 0 Å². The fraction of sp³-hybridized carbons (Fsp3) is 0.647. The van der Waals surface area contributed by atoms with Crippen LogP contribution in [0.3, 0.4) is 0 Å². The van der Waals surface area contributed by atoms with Gasteiger partial charge in [-0.2, -0.15) is 0 Å². The van der Waals surface area contributed by atoms with Crippen LogP contribution >= 0.6 is 0 Å². The zero-order valence-corrected chi connectivity index (χ0v) is 12.0. The summed E-state index contributed by atoms with van der Waals surface area (Å²) >= 11 is 0. The highest BCUT2D eigenvalue weighted by molar-refractivity contribution is 5.81. The zero-order valence-electron chi connectivity index (χ0n) is 12.0. The number of hydrogen-bond donors (Lipinski definition) is 1. The van der Waals surface area contributed by atoms with E-state index in [1.807, 2.05) is 12.2 Å². The number of carboxylic acid groups (broad SMARTS) is 1. The second kappa shape index (κ2) is 4.21. The number of rotatable bonds is 4. The van der Waals surface area contributed by atoms with Crippen LogP contribution in [0.5, 0.6) is 0 Å². The van der Waals surface area contributed by atoms with E-state index in [1.165, 1.54) is 0 Å². The molecular formula is C17H20O4. The van der Waals surface area contributed by atoms with Gasteiger partial charge in [0.15, 0.2) is 0 Å². The minimum atomic E-state index is -0.882. The molecule has 0 spiro atoms. The summed E-state index contributed by atoms with van der Waals surface area (Å²) in [4.78, 5) is 24.0. The number of hydrogen-bond acceptors (Lipinski definition) is 3. The second-order valence-corrected chi connectivity index (χ2v) is 7.23. The topological polar surface area (TPSA) is 63.6 Å². The predicted molar refractivity (Wildman–Crippen MR) is 75.3 cm³/mol. The molecule has 4 bridgehead atoms. The lowest BCUT2D eigenvalue weighted by Gasteiger charge is -2.36. The van der Waals surface area contributed by atoms with Crippen molar-refractivity contribution in [3.63, 3.8) is 0 Å². The molecular weight excluding hydrogens is 268 g/mol. The Bertz CT molecular complexity index is 563.